The summed E-state index contributed by atoms with van der Waals surface area (Å²) in [4.78, 5) is 12.0. The van der Waals surface area contributed by atoms with Crippen molar-refractivity contribution >= 4 is 46.6 Å². The van der Waals surface area contributed by atoms with E-state index in [0.717, 1.165) is 22.6 Å². The Kier molecular flexibility index (Phi) is 6.98. The minimum atomic E-state index is -0.314. The lowest BCUT2D eigenvalue weighted by atomic mass is 10.2. The van der Waals surface area contributed by atoms with Gasteiger partial charge in [-0.3, -0.25) is 10.1 Å². The van der Waals surface area contributed by atoms with E-state index in [1.807, 2.05) is 44.2 Å². The number of benzene rings is 2. The molecule has 4 nitrogen and oxygen atoms in total. The monoisotopic (exact) mass is 374 g/mol. The van der Waals surface area contributed by atoms with Crippen molar-refractivity contribution in [2.24, 2.45) is 0 Å². The number of hydrogen-bond donors (Lipinski definition) is 2. The minimum absolute atomic E-state index is 0.215. The van der Waals surface area contributed by atoms with Gasteiger partial charge in [0, 0.05) is 16.8 Å². The molecule has 0 radical (unpaired) electrons. The summed E-state index contributed by atoms with van der Waals surface area (Å²) in [5, 5.41) is 6.38. The lowest BCUT2D eigenvalue weighted by Crippen LogP contribution is -2.33. The van der Waals surface area contributed by atoms with Crippen LogP contribution in [-0.2, 0) is 4.79 Å². The quantitative estimate of drug-likeness (QED) is 0.594. The number of aryl methyl sites for hydroxylation is 1. The van der Waals surface area contributed by atoms with Crippen LogP contribution in [0.2, 0.25) is 5.02 Å². The summed E-state index contributed by atoms with van der Waals surface area (Å²) in [6, 6.07) is 12.9. The van der Waals surface area contributed by atoms with Crippen LogP contribution >= 0.6 is 23.8 Å². The first-order chi connectivity index (χ1) is 12.0. The number of nitrogens with one attached hydrogen (secondary N) is 2. The number of hydrogen-bond acceptors (Lipinski definition) is 3. The fourth-order valence-electron chi connectivity index (χ4n) is 2.05. The number of thiocarbonyl (C=S) groups is 1. The zero-order valence-electron chi connectivity index (χ0n) is 14.0. The van der Waals surface area contributed by atoms with Crippen LogP contribution in [0, 0.1) is 6.92 Å². The molecule has 25 heavy (non-hydrogen) atoms. The van der Waals surface area contributed by atoms with Crippen molar-refractivity contribution < 1.29 is 9.53 Å². The Hall–Kier alpha value is -2.37. The zero-order chi connectivity index (χ0) is 18.2. The molecule has 0 aliphatic rings. The molecular weight excluding hydrogens is 356 g/mol. The molecule has 0 bridgehead atoms. The maximum absolute atomic E-state index is 12.0. The highest BCUT2D eigenvalue weighted by Crippen LogP contribution is 2.20. The van der Waals surface area contributed by atoms with E-state index in [-0.39, 0.29) is 11.0 Å². The summed E-state index contributed by atoms with van der Waals surface area (Å²) in [5.74, 6) is 0.484. The Balaban J connectivity index is 1.90. The highest BCUT2D eigenvalue weighted by molar-refractivity contribution is 7.80. The first-order valence-electron chi connectivity index (χ1n) is 7.77. The molecule has 2 aromatic carbocycles. The Bertz CT molecular complexity index is 789. The molecular formula is C19H19ClN2O2S. The summed E-state index contributed by atoms with van der Waals surface area (Å²) >= 11 is 11.1. The third-order valence-electron chi connectivity index (χ3n) is 3.30. The van der Waals surface area contributed by atoms with Crippen molar-refractivity contribution in [3.05, 3.63) is 64.7 Å². The predicted octanol–water partition coefficient (Wildman–Crippen LogP) is 4.57. The van der Waals surface area contributed by atoms with Gasteiger partial charge in [-0.25, -0.2) is 0 Å². The van der Waals surface area contributed by atoms with Crippen LogP contribution in [0.25, 0.3) is 6.08 Å². The molecule has 0 unspecified atom stereocenters. The fraction of sp³-hybridized carbons (Fsp3) is 0.158. The summed E-state index contributed by atoms with van der Waals surface area (Å²) in [6.45, 7) is 4.48. The van der Waals surface area contributed by atoms with Gasteiger partial charge in [0.05, 0.1) is 6.61 Å². The van der Waals surface area contributed by atoms with Gasteiger partial charge in [-0.1, -0.05) is 29.8 Å². The molecule has 0 atom stereocenters. The summed E-state index contributed by atoms with van der Waals surface area (Å²) in [5.41, 5.74) is 2.63. The van der Waals surface area contributed by atoms with Crippen molar-refractivity contribution in [3.63, 3.8) is 0 Å². The van der Waals surface area contributed by atoms with E-state index in [9.17, 15) is 4.79 Å². The highest BCUT2D eigenvalue weighted by Gasteiger charge is 2.04. The Morgan fingerprint density at radius 1 is 1.24 bits per heavy atom. The van der Waals surface area contributed by atoms with Crippen LogP contribution in [-0.4, -0.2) is 17.6 Å². The van der Waals surface area contributed by atoms with Gasteiger partial charge in [-0.05, 0) is 67.5 Å². The van der Waals surface area contributed by atoms with Gasteiger partial charge in [0.25, 0.3) is 0 Å². The van der Waals surface area contributed by atoms with Crippen LogP contribution in [0.3, 0.4) is 0 Å². The third kappa shape index (κ3) is 6.21. The normalized spacial score (nSPS) is 10.5. The molecule has 0 aromatic heterocycles. The van der Waals surface area contributed by atoms with E-state index in [1.54, 1.807) is 18.2 Å². The van der Waals surface area contributed by atoms with Crippen molar-refractivity contribution in [1.29, 1.82) is 0 Å². The Morgan fingerprint density at radius 2 is 1.96 bits per heavy atom. The summed E-state index contributed by atoms with van der Waals surface area (Å²) in [6.07, 6.45) is 3.13. The smallest absolute Gasteiger partial charge is 0.250 e. The number of ether oxygens (including phenoxy) is 1. The second-order valence-corrected chi connectivity index (χ2v) is 6.08. The summed E-state index contributed by atoms with van der Waals surface area (Å²) in [7, 11) is 0. The van der Waals surface area contributed by atoms with Gasteiger partial charge >= 0.3 is 0 Å². The fourth-order valence-corrected chi connectivity index (χ4v) is 2.43. The molecule has 0 fully saturated rings. The number of carbonyl (C=O) groups excluding carboxylic acids is 1. The van der Waals surface area contributed by atoms with Crippen molar-refractivity contribution in [1.82, 2.24) is 5.32 Å². The average molecular weight is 375 g/mol. The van der Waals surface area contributed by atoms with Gasteiger partial charge in [0.15, 0.2) is 5.11 Å². The van der Waals surface area contributed by atoms with Crippen LogP contribution < -0.4 is 15.4 Å². The van der Waals surface area contributed by atoms with E-state index in [4.69, 9.17) is 28.6 Å². The van der Waals surface area contributed by atoms with Gasteiger partial charge in [0.2, 0.25) is 5.91 Å². The van der Waals surface area contributed by atoms with Crippen molar-refractivity contribution in [2.45, 2.75) is 13.8 Å². The van der Waals surface area contributed by atoms with Crippen molar-refractivity contribution in [3.8, 4) is 5.75 Å². The molecule has 0 saturated heterocycles. The van der Waals surface area contributed by atoms with E-state index >= 15 is 0 Å². The molecule has 0 aliphatic carbocycles. The number of halogens is 1. The molecule has 0 heterocycles. The topological polar surface area (TPSA) is 50.4 Å². The van der Waals surface area contributed by atoms with Gasteiger partial charge < -0.3 is 10.1 Å². The molecule has 2 aromatic rings. The third-order valence-corrected chi connectivity index (χ3v) is 3.74. The van der Waals surface area contributed by atoms with E-state index in [0.29, 0.717) is 11.6 Å². The SMILES string of the molecule is CCOc1ccc(/C=C/C(=O)NC(=S)Nc2cc(Cl)ccc2C)cc1. The molecule has 1 amide bonds. The van der Waals surface area contributed by atoms with Crippen LogP contribution in [0.5, 0.6) is 5.75 Å². The lowest BCUT2D eigenvalue weighted by molar-refractivity contribution is -0.115. The zero-order valence-corrected chi connectivity index (χ0v) is 15.6. The molecule has 0 spiro atoms. The lowest BCUT2D eigenvalue weighted by Gasteiger charge is -2.11. The van der Waals surface area contributed by atoms with Crippen LogP contribution in [0.15, 0.2) is 48.5 Å². The first kappa shape index (κ1) is 19.0. The maximum atomic E-state index is 12.0. The summed E-state index contributed by atoms with van der Waals surface area (Å²) < 4.78 is 5.38. The van der Waals surface area contributed by atoms with E-state index < -0.39 is 0 Å². The molecule has 0 saturated carbocycles. The van der Waals surface area contributed by atoms with Gasteiger partial charge in [-0.2, -0.15) is 0 Å². The average Bonchev–Trinajstić information content (AvgIpc) is 2.58. The molecule has 2 rings (SSSR count). The van der Waals surface area contributed by atoms with Crippen molar-refractivity contribution in [2.75, 3.05) is 11.9 Å². The first-order valence-corrected chi connectivity index (χ1v) is 8.55. The Morgan fingerprint density at radius 3 is 2.64 bits per heavy atom. The number of anilines is 1. The molecule has 6 heteroatoms. The molecule has 2 N–H and O–H groups in total. The van der Waals surface area contributed by atoms with Gasteiger partial charge in [-0.15, -0.1) is 0 Å². The largest absolute Gasteiger partial charge is 0.494 e. The van der Waals surface area contributed by atoms with E-state index in [1.165, 1.54) is 6.08 Å². The molecule has 0 aliphatic heterocycles. The Labute approximate surface area is 157 Å². The minimum Gasteiger partial charge on any atom is -0.494 e. The standard InChI is InChI=1S/C19H19ClN2O2S/c1-3-24-16-9-5-14(6-10-16)7-11-18(23)22-19(25)21-17-12-15(20)8-4-13(17)2/h4-12H,3H2,1-2H3,(H2,21,22,23,25)/b11-7+. The van der Waals surface area contributed by atoms with E-state index in [2.05, 4.69) is 10.6 Å². The predicted molar refractivity (Wildman–Crippen MR) is 107 cm³/mol. The maximum Gasteiger partial charge on any atom is 0.250 e. The van der Waals surface area contributed by atoms with Crippen LogP contribution in [0.4, 0.5) is 5.69 Å². The number of carbonyl (C=O) groups is 1. The molecule has 130 valence electrons. The second-order valence-electron chi connectivity index (χ2n) is 5.24. The van der Waals surface area contributed by atoms with Crippen LogP contribution in [0.1, 0.15) is 18.1 Å². The van der Waals surface area contributed by atoms with Gasteiger partial charge in [0.1, 0.15) is 5.75 Å². The number of rotatable bonds is 5. The second kappa shape index (κ2) is 9.20. The number of amides is 1. The highest BCUT2D eigenvalue weighted by atomic mass is 35.5.